The summed E-state index contributed by atoms with van der Waals surface area (Å²) in [5, 5.41) is 0. The SMILES string of the molecule is CCOCCN(C)S(=O)(=O)c1cc(CN)cc(F)c1C. The van der Waals surface area contributed by atoms with Crippen molar-refractivity contribution in [2.24, 2.45) is 5.73 Å². The average Bonchev–Trinajstić information content (AvgIpc) is 2.41. The number of rotatable bonds is 7. The van der Waals surface area contributed by atoms with Crippen molar-refractivity contribution in [3.05, 3.63) is 29.1 Å². The minimum absolute atomic E-state index is 0.0445. The third-order valence-electron chi connectivity index (χ3n) is 3.04. The summed E-state index contributed by atoms with van der Waals surface area (Å²) in [4.78, 5) is -0.0445. The van der Waals surface area contributed by atoms with Gasteiger partial charge in [0.25, 0.3) is 0 Å². The first-order valence-electron chi connectivity index (χ1n) is 6.37. The molecular formula is C13H21FN2O3S. The molecule has 0 saturated heterocycles. The monoisotopic (exact) mass is 304 g/mol. The minimum Gasteiger partial charge on any atom is -0.380 e. The van der Waals surface area contributed by atoms with Crippen molar-refractivity contribution >= 4 is 10.0 Å². The van der Waals surface area contributed by atoms with Gasteiger partial charge in [-0.05, 0) is 31.5 Å². The highest BCUT2D eigenvalue weighted by molar-refractivity contribution is 7.89. The summed E-state index contributed by atoms with van der Waals surface area (Å²) < 4.78 is 44.9. The summed E-state index contributed by atoms with van der Waals surface area (Å²) >= 11 is 0. The Labute approximate surface area is 119 Å². The standard InChI is InChI=1S/C13H21FN2O3S/c1-4-19-6-5-16(3)20(17,18)13-8-11(9-15)7-12(14)10(13)2/h7-8H,4-6,9,15H2,1-3H3. The van der Waals surface area contributed by atoms with Gasteiger partial charge in [-0.3, -0.25) is 0 Å². The summed E-state index contributed by atoms with van der Waals surface area (Å²) in [6.07, 6.45) is 0. The van der Waals surface area contributed by atoms with Gasteiger partial charge in [-0.1, -0.05) is 0 Å². The van der Waals surface area contributed by atoms with Gasteiger partial charge in [-0.25, -0.2) is 12.8 Å². The molecule has 0 unspecified atom stereocenters. The van der Waals surface area contributed by atoms with Crippen molar-refractivity contribution < 1.29 is 17.5 Å². The molecule has 114 valence electrons. The lowest BCUT2D eigenvalue weighted by atomic mass is 10.1. The Morgan fingerprint density at radius 1 is 1.40 bits per heavy atom. The van der Waals surface area contributed by atoms with Gasteiger partial charge in [-0.2, -0.15) is 4.31 Å². The molecular weight excluding hydrogens is 283 g/mol. The second kappa shape index (κ2) is 7.12. The summed E-state index contributed by atoms with van der Waals surface area (Å²) in [6.45, 7) is 4.39. The number of sulfonamides is 1. The van der Waals surface area contributed by atoms with Crippen molar-refractivity contribution in [1.82, 2.24) is 4.31 Å². The van der Waals surface area contributed by atoms with Crippen molar-refractivity contribution in [1.29, 1.82) is 0 Å². The molecule has 1 rings (SSSR count). The van der Waals surface area contributed by atoms with Gasteiger partial charge < -0.3 is 10.5 Å². The van der Waals surface area contributed by atoms with Crippen LogP contribution in [0.2, 0.25) is 0 Å². The van der Waals surface area contributed by atoms with Crippen molar-refractivity contribution in [2.45, 2.75) is 25.3 Å². The number of likely N-dealkylation sites (N-methyl/N-ethyl adjacent to an activating group) is 1. The molecule has 0 aliphatic heterocycles. The molecule has 5 nitrogen and oxygen atoms in total. The van der Waals surface area contributed by atoms with Crippen LogP contribution in [0.4, 0.5) is 4.39 Å². The fourth-order valence-corrected chi connectivity index (χ4v) is 3.15. The first kappa shape index (κ1) is 17.0. The van der Waals surface area contributed by atoms with E-state index in [9.17, 15) is 12.8 Å². The van der Waals surface area contributed by atoms with Crippen molar-refractivity contribution in [3.63, 3.8) is 0 Å². The minimum atomic E-state index is -3.75. The molecule has 0 saturated carbocycles. The lowest BCUT2D eigenvalue weighted by Crippen LogP contribution is -2.31. The van der Waals surface area contributed by atoms with E-state index in [2.05, 4.69) is 0 Å². The molecule has 0 heterocycles. The molecule has 0 fully saturated rings. The Kier molecular flexibility index (Phi) is 6.07. The summed E-state index contributed by atoms with van der Waals surface area (Å²) in [7, 11) is -2.30. The van der Waals surface area contributed by atoms with E-state index in [0.29, 0.717) is 18.8 Å². The van der Waals surface area contributed by atoms with Crippen LogP contribution in [0.15, 0.2) is 17.0 Å². The van der Waals surface area contributed by atoms with Gasteiger partial charge in [0, 0.05) is 32.3 Å². The zero-order valence-corrected chi connectivity index (χ0v) is 12.8. The Balaban J connectivity index is 3.11. The number of hydrogen-bond acceptors (Lipinski definition) is 4. The quantitative estimate of drug-likeness (QED) is 0.770. The van der Waals surface area contributed by atoms with E-state index in [1.54, 1.807) is 0 Å². The number of nitrogens with zero attached hydrogens (tertiary/aromatic N) is 1. The van der Waals surface area contributed by atoms with Crippen LogP contribution in [0.3, 0.4) is 0 Å². The smallest absolute Gasteiger partial charge is 0.243 e. The molecule has 1 aromatic rings. The van der Waals surface area contributed by atoms with Gasteiger partial charge in [0.2, 0.25) is 10.0 Å². The fraction of sp³-hybridized carbons (Fsp3) is 0.538. The van der Waals surface area contributed by atoms with E-state index in [0.717, 1.165) is 4.31 Å². The molecule has 0 aliphatic rings. The van der Waals surface area contributed by atoms with Crippen LogP contribution in [0.5, 0.6) is 0 Å². The molecule has 2 N–H and O–H groups in total. The number of halogens is 1. The maximum Gasteiger partial charge on any atom is 0.243 e. The first-order valence-corrected chi connectivity index (χ1v) is 7.81. The molecule has 20 heavy (non-hydrogen) atoms. The molecule has 7 heteroatoms. The number of benzene rings is 1. The van der Waals surface area contributed by atoms with E-state index in [1.165, 1.54) is 26.1 Å². The van der Waals surface area contributed by atoms with E-state index in [1.807, 2.05) is 6.92 Å². The van der Waals surface area contributed by atoms with Crippen molar-refractivity contribution in [3.8, 4) is 0 Å². The highest BCUT2D eigenvalue weighted by Crippen LogP contribution is 2.23. The molecule has 0 spiro atoms. The lowest BCUT2D eigenvalue weighted by molar-refractivity contribution is 0.138. The molecule has 0 aliphatic carbocycles. The van der Waals surface area contributed by atoms with Crippen molar-refractivity contribution in [2.75, 3.05) is 26.8 Å². The number of hydrogen-bond donors (Lipinski definition) is 1. The van der Waals surface area contributed by atoms with Crippen LogP contribution < -0.4 is 5.73 Å². The summed E-state index contributed by atoms with van der Waals surface area (Å²) in [5.74, 6) is -0.565. The maximum atomic E-state index is 13.8. The Morgan fingerprint density at radius 2 is 2.05 bits per heavy atom. The van der Waals surface area contributed by atoms with E-state index < -0.39 is 15.8 Å². The lowest BCUT2D eigenvalue weighted by Gasteiger charge is -2.19. The second-order valence-electron chi connectivity index (χ2n) is 4.43. The zero-order valence-electron chi connectivity index (χ0n) is 12.0. The first-order chi connectivity index (χ1) is 9.34. The predicted molar refractivity (Wildman–Crippen MR) is 75.3 cm³/mol. The molecule has 1 aromatic carbocycles. The Hall–Kier alpha value is -1.02. The molecule has 0 aromatic heterocycles. The molecule has 0 amide bonds. The summed E-state index contributed by atoms with van der Waals surface area (Å²) in [6, 6.07) is 2.68. The predicted octanol–water partition coefficient (Wildman–Crippen LogP) is 1.25. The molecule has 0 bridgehead atoms. The largest absolute Gasteiger partial charge is 0.380 e. The van der Waals surface area contributed by atoms with Crippen LogP contribution in [-0.4, -0.2) is 39.5 Å². The normalized spacial score (nSPS) is 12.1. The molecule has 0 radical (unpaired) electrons. The number of nitrogens with two attached hydrogens (primary N) is 1. The Bertz CT molecular complexity index is 561. The van der Waals surface area contributed by atoms with Gasteiger partial charge in [0.1, 0.15) is 5.82 Å². The van der Waals surface area contributed by atoms with Crippen LogP contribution in [0, 0.1) is 12.7 Å². The van der Waals surface area contributed by atoms with Crippen LogP contribution in [0.25, 0.3) is 0 Å². The highest BCUT2D eigenvalue weighted by Gasteiger charge is 2.24. The second-order valence-corrected chi connectivity index (χ2v) is 6.44. The van der Waals surface area contributed by atoms with Gasteiger partial charge in [-0.15, -0.1) is 0 Å². The van der Waals surface area contributed by atoms with Gasteiger partial charge in [0.05, 0.1) is 11.5 Å². The van der Waals surface area contributed by atoms with Crippen LogP contribution in [0.1, 0.15) is 18.1 Å². The van der Waals surface area contributed by atoms with E-state index in [4.69, 9.17) is 10.5 Å². The third-order valence-corrected chi connectivity index (χ3v) is 5.02. The zero-order chi connectivity index (χ0) is 15.3. The summed E-state index contributed by atoms with van der Waals surface area (Å²) in [5.41, 5.74) is 6.01. The highest BCUT2D eigenvalue weighted by atomic mass is 32.2. The van der Waals surface area contributed by atoms with Gasteiger partial charge in [0.15, 0.2) is 0 Å². The van der Waals surface area contributed by atoms with E-state index >= 15 is 0 Å². The maximum absolute atomic E-state index is 13.8. The molecule has 0 atom stereocenters. The third kappa shape index (κ3) is 3.76. The fourth-order valence-electron chi connectivity index (χ4n) is 1.72. The van der Waals surface area contributed by atoms with Crippen LogP contribution in [-0.2, 0) is 21.3 Å². The van der Waals surface area contributed by atoms with Crippen LogP contribution >= 0.6 is 0 Å². The van der Waals surface area contributed by atoms with E-state index in [-0.39, 0.29) is 23.5 Å². The Morgan fingerprint density at radius 3 is 2.60 bits per heavy atom. The number of ether oxygens (including phenoxy) is 1. The average molecular weight is 304 g/mol. The topological polar surface area (TPSA) is 72.6 Å². The van der Waals surface area contributed by atoms with Gasteiger partial charge >= 0.3 is 0 Å².